The molecule has 0 spiro atoms. The van der Waals surface area contributed by atoms with Crippen LogP contribution in [-0.2, 0) is 5.41 Å². The van der Waals surface area contributed by atoms with Crippen LogP contribution in [0, 0.1) is 0 Å². The summed E-state index contributed by atoms with van der Waals surface area (Å²) in [6.07, 6.45) is 0. The normalized spacial score (nSPS) is 13.0. The van der Waals surface area contributed by atoms with Crippen LogP contribution in [0.15, 0.2) is 211 Å². The van der Waals surface area contributed by atoms with Gasteiger partial charge in [-0.2, -0.15) is 0 Å². The maximum Gasteiger partial charge on any atom is 0.145 e. The molecule has 10 aromatic carbocycles. The second-order valence-corrected chi connectivity index (χ2v) is 18.3. The van der Waals surface area contributed by atoms with Crippen LogP contribution in [-0.4, -0.2) is 0 Å². The van der Waals surface area contributed by atoms with Gasteiger partial charge >= 0.3 is 0 Å². The molecule has 0 N–H and O–H groups in total. The quantitative estimate of drug-likeness (QED) is 0.167. The molecule has 13 rings (SSSR count). The van der Waals surface area contributed by atoms with E-state index in [-0.39, 0.29) is 0 Å². The van der Waals surface area contributed by atoms with Crippen molar-refractivity contribution in [2.45, 2.75) is 19.3 Å². The molecule has 2 heterocycles. The molecule has 0 aliphatic heterocycles. The van der Waals surface area contributed by atoms with Crippen molar-refractivity contribution < 1.29 is 4.42 Å². The molecule has 0 bridgehead atoms. The van der Waals surface area contributed by atoms with Crippen molar-refractivity contribution in [2.75, 3.05) is 9.80 Å². The fourth-order valence-electron chi connectivity index (χ4n) is 10.5. The van der Waals surface area contributed by atoms with E-state index in [4.69, 9.17) is 4.42 Å². The Balaban J connectivity index is 1.17. The number of furan rings is 1. The molecule has 0 unspecified atom stereocenters. The first-order valence-corrected chi connectivity index (χ1v) is 22.5. The fourth-order valence-corrected chi connectivity index (χ4v) is 11.8. The molecule has 298 valence electrons. The summed E-state index contributed by atoms with van der Waals surface area (Å²) in [5.74, 6) is 0. The number of anilines is 6. The van der Waals surface area contributed by atoms with Crippen molar-refractivity contribution in [3.8, 4) is 11.1 Å². The van der Waals surface area contributed by atoms with Gasteiger partial charge in [0.1, 0.15) is 11.2 Å². The topological polar surface area (TPSA) is 19.6 Å². The van der Waals surface area contributed by atoms with Crippen LogP contribution < -0.4 is 9.80 Å². The predicted octanol–water partition coefficient (Wildman–Crippen LogP) is 17.5. The third kappa shape index (κ3) is 5.25. The van der Waals surface area contributed by atoms with E-state index in [0.29, 0.717) is 0 Å². The largest absolute Gasteiger partial charge is 0.455 e. The Morgan fingerprint density at radius 1 is 0.413 bits per heavy atom. The number of thiophene rings is 1. The number of benzene rings is 10. The van der Waals surface area contributed by atoms with E-state index in [2.05, 4.69) is 230 Å². The average Bonchev–Trinajstić information content (AvgIpc) is 3.98. The number of fused-ring (bicyclic) bond motifs is 13. The Labute approximate surface area is 369 Å². The highest BCUT2D eigenvalue weighted by molar-refractivity contribution is 7.26. The van der Waals surface area contributed by atoms with Crippen LogP contribution in [0.3, 0.4) is 0 Å². The van der Waals surface area contributed by atoms with Gasteiger partial charge in [0.05, 0.1) is 28.1 Å². The summed E-state index contributed by atoms with van der Waals surface area (Å²) in [6.45, 7) is 4.82. The third-order valence-electron chi connectivity index (χ3n) is 13.4. The Bertz CT molecular complexity index is 3530. The van der Waals surface area contributed by atoms with Crippen molar-refractivity contribution in [1.29, 1.82) is 0 Å². The smallest absolute Gasteiger partial charge is 0.145 e. The highest BCUT2D eigenvalue weighted by Gasteiger charge is 2.42. The molecule has 0 fully saturated rings. The van der Waals surface area contributed by atoms with Crippen LogP contribution in [0.2, 0.25) is 0 Å². The van der Waals surface area contributed by atoms with Gasteiger partial charge in [0.15, 0.2) is 0 Å². The van der Waals surface area contributed by atoms with E-state index in [1.165, 1.54) is 69.7 Å². The molecule has 0 saturated carbocycles. The number of rotatable bonds is 6. The Hall–Kier alpha value is -7.66. The molecule has 63 heavy (non-hydrogen) atoms. The Morgan fingerprint density at radius 2 is 0.889 bits per heavy atom. The summed E-state index contributed by atoms with van der Waals surface area (Å²) in [5.41, 5.74) is 13.2. The maximum absolute atomic E-state index is 7.25. The number of hydrogen-bond donors (Lipinski definition) is 0. The van der Waals surface area contributed by atoms with Gasteiger partial charge < -0.3 is 14.2 Å². The number of hydrogen-bond acceptors (Lipinski definition) is 4. The first-order valence-electron chi connectivity index (χ1n) is 21.7. The summed E-state index contributed by atoms with van der Waals surface area (Å²) in [7, 11) is 0. The monoisotopic (exact) mass is 824 g/mol. The lowest BCUT2D eigenvalue weighted by Crippen LogP contribution is -2.18. The van der Waals surface area contributed by atoms with Crippen molar-refractivity contribution in [2.24, 2.45) is 0 Å². The first kappa shape index (κ1) is 36.0. The summed E-state index contributed by atoms with van der Waals surface area (Å²) < 4.78 is 9.80. The van der Waals surface area contributed by atoms with E-state index in [0.717, 1.165) is 50.4 Å². The van der Waals surface area contributed by atoms with Gasteiger partial charge in [0.2, 0.25) is 0 Å². The molecule has 12 aromatic rings. The highest BCUT2D eigenvalue weighted by Crippen LogP contribution is 2.61. The van der Waals surface area contributed by atoms with Gasteiger partial charge in [-0.3, -0.25) is 0 Å². The van der Waals surface area contributed by atoms with Crippen LogP contribution in [0.5, 0.6) is 0 Å². The molecule has 2 aromatic heterocycles. The minimum Gasteiger partial charge on any atom is -0.455 e. The summed E-state index contributed by atoms with van der Waals surface area (Å²) in [5, 5.41) is 9.55. The van der Waals surface area contributed by atoms with Gasteiger partial charge in [-0.15, -0.1) is 11.3 Å². The molecule has 1 aliphatic rings. The molecule has 4 heteroatoms. The molecule has 0 atom stereocenters. The van der Waals surface area contributed by atoms with Crippen LogP contribution in [0.25, 0.3) is 74.8 Å². The zero-order valence-electron chi connectivity index (χ0n) is 34.8. The van der Waals surface area contributed by atoms with Gasteiger partial charge in [-0.05, 0) is 82.6 Å². The number of nitrogens with zero attached hydrogens (tertiary/aromatic N) is 2. The van der Waals surface area contributed by atoms with Gasteiger partial charge in [-0.1, -0.05) is 159 Å². The number of para-hydroxylation sites is 3. The summed E-state index contributed by atoms with van der Waals surface area (Å²) in [6, 6.07) is 75.0. The van der Waals surface area contributed by atoms with Crippen molar-refractivity contribution in [1.82, 2.24) is 0 Å². The van der Waals surface area contributed by atoms with Crippen LogP contribution in [0.4, 0.5) is 34.1 Å². The van der Waals surface area contributed by atoms with Gasteiger partial charge in [-0.25, -0.2) is 0 Å². The zero-order chi connectivity index (χ0) is 41.8. The summed E-state index contributed by atoms with van der Waals surface area (Å²) >= 11 is 1.90. The minimum atomic E-state index is -0.409. The SMILES string of the molecule is CC1(C)c2cc(N(c3ccccc3)c3cccc4ccccc34)c3c(oc4ccccc43)c2-c2c1cc(N(c1ccccc1)c1cccc3ccccc13)c1c2sc2ccccc21. The lowest BCUT2D eigenvalue weighted by atomic mass is 9.81. The molecule has 0 amide bonds. The first-order chi connectivity index (χ1) is 31.0. The van der Waals surface area contributed by atoms with Crippen molar-refractivity contribution in [3.63, 3.8) is 0 Å². The lowest BCUT2D eigenvalue weighted by Gasteiger charge is -2.31. The average molecular weight is 825 g/mol. The molecule has 3 nitrogen and oxygen atoms in total. The van der Waals surface area contributed by atoms with E-state index >= 15 is 0 Å². The fraction of sp³-hybridized carbons (Fsp3) is 0.0508. The van der Waals surface area contributed by atoms with Crippen LogP contribution >= 0.6 is 11.3 Å². The van der Waals surface area contributed by atoms with E-state index in [9.17, 15) is 0 Å². The van der Waals surface area contributed by atoms with E-state index in [1.54, 1.807) is 0 Å². The standard InChI is InChI=1S/C59H40N2OS/c1-59(2)45-35-49(60(39-23-5-3-6-24-39)47-31-17-21-37-19-9-11-27-41(37)47)53-43-29-13-15-33-51(43)62-57(53)55(45)56-46(59)36-50(54-44-30-14-16-34-52(44)63-58(54)56)61(40-25-7-4-8-26-40)48-32-18-22-38-20-10-12-28-42(38)48/h3-36H,1-2H3. The molecule has 0 saturated heterocycles. The lowest BCUT2D eigenvalue weighted by molar-refractivity contribution is 0.653. The molecular formula is C59H40N2OS. The molecule has 0 radical (unpaired) electrons. The molecular weight excluding hydrogens is 785 g/mol. The van der Waals surface area contributed by atoms with Gasteiger partial charge in [0, 0.05) is 64.2 Å². The van der Waals surface area contributed by atoms with Crippen molar-refractivity contribution in [3.05, 3.63) is 217 Å². The minimum absolute atomic E-state index is 0.409. The Morgan fingerprint density at radius 3 is 1.51 bits per heavy atom. The van der Waals surface area contributed by atoms with Gasteiger partial charge in [0.25, 0.3) is 0 Å². The summed E-state index contributed by atoms with van der Waals surface area (Å²) in [4.78, 5) is 4.97. The van der Waals surface area contributed by atoms with E-state index in [1.807, 2.05) is 11.3 Å². The Kier molecular flexibility index (Phi) is 7.82. The molecule has 1 aliphatic carbocycles. The van der Waals surface area contributed by atoms with E-state index < -0.39 is 5.41 Å². The van der Waals surface area contributed by atoms with Crippen molar-refractivity contribution >= 4 is 109 Å². The highest BCUT2D eigenvalue weighted by atomic mass is 32.1. The maximum atomic E-state index is 7.25. The zero-order valence-corrected chi connectivity index (χ0v) is 35.7. The second kappa shape index (κ2) is 13.7. The second-order valence-electron chi connectivity index (χ2n) is 17.2. The third-order valence-corrected chi connectivity index (χ3v) is 14.6. The van der Waals surface area contributed by atoms with Crippen LogP contribution in [0.1, 0.15) is 25.0 Å². The predicted molar refractivity (Wildman–Crippen MR) is 269 cm³/mol.